The maximum atomic E-state index is 11.8. The number of unbranched alkanes of at least 4 members (excludes halogenated alkanes) is 9. The van der Waals surface area contributed by atoms with E-state index in [4.69, 9.17) is 14.2 Å². The van der Waals surface area contributed by atoms with Crippen LogP contribution in [0.3, 0.4) is 0 Å². The Morgan fingerprint density at radius 3 is 1.87 bits per heavy atom. The first-order valence-electron chi connectivity index (χ1n) is 11.3. The molecule has 1 radical (unpaired) electrons. The first-order chi connectivity index (χ1) is 15.3. The van der Waals surface area contributed by atoms with Crippen molar-refractivity contribution in [3.63, 3.8) is 0 Å². The van der Waals surface area contributed by atoms with Crippen LogP contribution in [-0.2, 0) is 9.59 Å². The number of hydrogen-bond acceptors (Lipinski definition) is 5. The number of carbonyl (C=O) groups is 1. The van der Waals surface area contributed by atoms with E-state index >= 15 is 0 Å². The van der Waals surface area contributed by atoms with E-state index in [9.17, 15) is 9.59 Å². The van der Waals surface area contributed by atoms with Gasteiger partial charge in [0.15, 0.2) is 11.5 Å². The quantitative estimate of drug-likeness (QED) is 0.166. The van der Waals surface area contributed by atoms with E-state index in [1.165, 1.54) is 45.0 Å². The Hall–Kier alpha value is -2.82. The lowest BCUT2D eigenvalue weighted by molar-refractivity contribution is -0.134. The predicted octanol–water partition coefficient (Wildman–Crippen LogP) is 6.41. The Kier molecular flexibility index (Phi) is 12.6. The van der Waals surface area contributed by atoms with Gasteiger partial charge in [0, 0.05) is 6.42 Å². The van der Waals surface area contributed by atoms with Gasteiger partial charge >= 0.3 is 12.4 Å². The Bertz CT molecular complexity index is 744. The van der Waals surface area contributed by atoms with Crippen LogP contribution in [0, 0.1) is 0 Å². The van der Waals surface area contributed by atoms with E-state index in [2.05, 4.69) is 0 Å². The van der Waals surface area contributed by atoms with Crippen LogP contribution < -0.4 is 14.2 Å². The maximum Gasteiger partial charge on any atom is 0.423 e. The van der Waals surface area contributed by atoms with Crippen LogP contribution in [0.15, 0.2) is 54.6 Å². The maximum absolute atomic E-state index is 11.8. The summed E-state index contributed by atoms with van der Waals surface area (Å²) < 4.78 is 15.7. The molecule has 2 aromatic rings. The van der Waals surface area contributed by atoms with Crippen molar-refractivity contribution >= 4 is 12.4 Å². The van der Waals surface area contributed by atoms with Gasteiger partial charge in [0.2, 0.25) is 0 Å². The highest BCUT2D eigenvalue weighted by Crippen LogP contribution is 2.26. The van der Waals surface area contributed by atoms with Crippen molar-refractivity contribution in [1.82, 2.24) is 0 Å². The number of esters is 1. The summed E-state index contributed by atoms with van der Waals surface area (Å²) in [5.74, 6) is 1.47. The lowest BCUT2D eigenvalue weighted by atomic mass is 10.1. The van der Waals surface area contributed by atoms with Crippen LogP contribution in [0.5, 0.6) is 17.2 Å². The van der Waals surface area contributed by atoms with Gasteiger partial charge in [-0.3, -0.25) is 4.79 Å². The van der Waals surface area contributed by atoms with Crippen molar-refractivity contribution in [1.29, 1.82) is 0 Å². The lowest BCUT2D eigenvalue weighted by Gasteiger charge is -2.09. The molecule has 167 valence electrons. The summed E-state index contributed by atoms with van der Waals surface area (Å²) in [4.78, 5) is 22.1. The summed E-state index contributed by atoms with van der Waals surface area (Å²) in [6.45, 7) is 2.05. The fraction of sp³-hybridized carbons (Fsp3) is 0.462. The number of rotatable bonds is 17. The van der Waals surface area contributed by atoms with Crippen LogP contribution in [0.2, 0.25) is 0 Å². The molecular formula is C26H33O5. The van der Waals surface area contributed by atoms with Crippen LogP contribution in [0.4, 0.5) is 0 Å². The zero-order valence-corrected chi connectivity index (χ0v) is 18.2. The van der Waals surface area contributed by atoms with Gasteiger partial charge in [0.1, 0.15) is 5.75 Å². The van der Waals surface area contributed by atoms with E-state index in [1.807, 2.05) is 24.3 Å². The summed E-state index contributed by atoms with van der Waals surface area (Å²) in [5, 5.41) is 0. The van der Waals surface area contributed by atoms with E-state index in [0.717, 1.165) is 25.7 Å². The van der Waals surface area contributed by atoms with Gasteiger partial charge in [-0.15, -0.1) is 0 Å². The van der Waals surface area contributed by atoms with Crippen LogP contribution in [0.1, 0.15) is 70.6 Å². The van der Waals surface area contributed by atoms with Gasteiger partial charge in [-0.05, 0) is 37.1 Å². The van der Waals surface area contributed by atoms with Gasteiger partial charge in [-0.25, -0.2) is 4.79 Å². The third-order valence-corrected chi connectivity index (χ3v) is 5.01. The molecule has 2 rings (SSSR count). The molecule has 0 heterocycles. The molecule has 0 atom stereocenters. The lowest BCUT2D eigenvalue weighted by Crippen LogP contribution is -2.07. The van der Waals surface area contributed by atoms with Crippen molar-refractivity contribution in [3.05, 3.63) is 54.6 Å². The molecule has 0 saturated heterocycles. The molecule has 0 amide bonds. The standard InChI is InChI=1S/C26H33O5/c27-22-30-25-19-14-13-18-24(25)29-21-15-8-6-4-2-1-3-5-7-12-20-26(28)31-23-16-10-9-11-17-23/h9-11,13-14,16-19H,1-8,12,15,20-21H2. The van der Waals surface area contributed by atoms with Crippen molar-refractivity contribution in [2.75, 3.05) is 6.61 Å². The van der Waals surface area contributed by atoms with Crippen molar-refractivity contribution in [3.8, 4) is 17.2 Å². The van der Waals surface area contributed by atoms with E-state index < -0.39 is 0 Å². The first kappa shape index (κ1) is 24.4. The molecule has 0 aliphatic heterocycles. The molecule has 0 aliphatic rings. The molecule has 0 fully saturated rings. The number of benzene rings is 2. The highest BCUT2D eigenvalue weighted by atomic mass is 16.5. The second-order valence-electron chi connectivity index (χ2n) is 7.55. The summed E-state index contributed by atoms with van der Waals surface area (Å²) in [5.41, 5.74) is 0. The molecule has 5 heteroatoms. The van der Waals surface area contributed by atoms with E-state index in [1.54, 1.807) is 30.3 Å². The van der Waals surface area contributed by atoms with Gasteiger partial charge in [-0.1, -0.05) is 81.7 Å². The van der Waals surface area contributed by atoms with Crippen LogP contribution in [-0.4, -0.2) is 19.0 Å². The van der Waals surface area contributed by atoms with Crippen molar-refractivity contribution in [2.45, 2.75) is 70.6 Å². The summed E-state index contributed by atoms with van der Waals surface area (Å²) in [6, 6.07) is 16.4. The highest BCUT2D eigenvalue weighted by molar-refractivity contribution is 5.72. The molecule has 0 spiro atoms. The molecule has 0 unspecified atom stereocenters. The predicted molar refractivity (Wildman–Crippen MR) is 121 cm³/mol. The minimum absolute atomic E-state index is 0.145. The summed E-state index contributed by atoms with van der Waals surface area (Å²) in [6.07, 6.45) is 11.9. The average molecular weight is 426 g/mol. The third-order valence-electron chi connectivity index (χ3n) is 5.01. The Balaban J connectivity index is 1.36. The second-order valence-corrected chi connectivity index (χ2v) is 7.55. The first-order valence-corrected chi connectivity index (χ1v) is 11.3. The monoisotopic (exact) mass is 425 g/mol. The molecule has 0 bridgehead atoms. The van der Waals surface area contributed by atoms with Crippen molar-refractivity contribution in [2.24, 2.45) is 0 Å². The fourth-order valence-corrected chi connectivity index (χ4v) is 3.34. The number of para-hydroxylation sites is 3. The summed E-state index contributed by atoms with van der Waals surface area (Å²) in [7, 11) is 0. The topological polar surface area (TPSA) is 61.8 Å². The molecule has 0 N–H and O–H groups in total. The zero-order valence-electron chi connectivity index (χ0n) is 18.2. The van der Waals surface area contributed by atoms with E-state index in [0.29, 0.717) is 30.3 Å². The van der Waals surface area contributed by atoms with Gasteiger partial charge in [-0.2, -0.15) is 0 Å². The summed E-state index contributed by atoms with van der Waals surface area (Å²) >= 11 is 0. The molecule has 2 aromatic carbocycles. The minimum Gasteiger partial charge on any atom is -0.490 e. The highest BCUT2D eigenvalue weighted by Gasteiger charge is 2.05. The number of carbonyl (C=O) groups excluding carboxylic acids is 2. The fourth-order valence-electron chi connectivity index (χ4n) is 3.34. The van der Waals surface area contributed by atoms with Crippen LogP contribution in [0.25, 0.3) is 0 Å². The molecule has 0 aliphatic carbocycles. The van der Waals surface area contributed by atoms with Gasteiger partial charge < -0.3 is 14.2 Å². The SMILES string of the molecule is O=[C]Oc1ccccc1OCCCCCCCCCCCCC(=O)Oc1ccccc1. The number of hydrogen-bond donors (Lipinski definition) is 0. The second kappa shape index (κ2) is 15.9. The molecular weight excluding hydrogens is 392 g/mol. The average Bonchev–Trinajstić information content (AvgIpc) is 2.79. The molecule has 0 saturated carbocycles. The smallest absolute Gasteiger partial charge is 0.423 e. The molecule has 0 aromatic heterocycles. The van der Waals surface area contributed by atoms with Gasteiger partial charge in [0.25, 0.3) is 0 Å². The zero-order chi connectivity index (χ0) is 22.0. The Morgan fingerprint density at radius 1 is 0.677 bits per heavy atom. The Labute approximate surface area is 185 Å². The van der Waals surface area contributed by atoms with Gasteiger partial charge in [0.05, 0.1) is 6.61 Å². The van der Waals surface area contributed by atoms with E-state index in [-0.39, 0.29) is 5.97 Å². The number of ether oxygens (including phenoxy) is 3. The third kappa shape index (κ3) is 11.2. The molecule has 5 nitrogen and oxygen atoms in total. The largest absolute Gasteiger partial charge is 0.490 e. The molecule has 31 heavy (non-hydrogen) atoms. The van der Waals surface area contributed by atoms with Crippen molar-refractivity contribution < 1.29 is 23.8 Å². The Morgan fingerprint density at radius 2 is 1.23 bits per heavy atom. The normalized spacial score (nSPS) is 10.5. The van der Waals surface area contributed by atoms with Crippen LogP contribution >= 0.6 is 0 Å². The minimum atomic E-state index is -0.145.